The maximum Gasteiger partial charge on any atom is 0.234 e. The van der Waals surface area contributed by atoms with Crippen molar-refractivity contribution in [2.45, 2.75) is 19.0 Å². The lowest BCUT2D eigenvalue weighted by molar-refractivity contribution is -0.113. The summed E-state index contributed by atoms with van der Waals surface area (Å²) in [6, 6.07) is 13.8. The van der Waals surface area contributed by atoms with Crippen molar-refractivity contribution in [1.82, 2.24) is 19.8 Å². The SMILES string of the molecule is Cc1ccc(NC(=O)CSc2nnc3ccc(-c4cccs4)nn23)c(C)c1. The third kappa shape index (κ3) is 3.86. The summed E-state index contributed by atoms with van der Waals surface area (Å²) >= 11 is 2.94. The molecule has 0 saturated heterocycles. The van der Waals surface area contributed by atoms with Crippen LogP contribution >= 0.6 is 23.1 Å². The van der Waals surface area contributed by atoms with Gasteiger partial charge in [-0.25, -0.2) is 0 Å². The van der Waals surface area contributed by atoms with Crippen LogP contribution in [0.25, 0.3) is 16.2 Å². The van der Waals surface area contributed by atoms with Gasteiger partial charge in [-0.2, -0.15) is 9.61 Å². The second-order valence-corrected chi connectivity index (χ2v) is 7.99. The van der Waals surface area contributed by atoms with Crippen molar-refractivity contribution in [3.63, 3.8) is 0 Å². The summed E-state index contributed by atoms with van der Waals surface area (Å²) in [4.78, 5) is 13.4. The summed E-state index contributed by atoms with van der Waals surface area (Å²) in [5.41, 5.74) is 4.56. The predicted molar refractivity (Wildman–Crippen MR) is 109 cm³/mol. The van der Waals surface area contributed by atoms with E-state index in [0.29, 0.717) is 10.8 Å². The number of amides is 1. The smallest absolute Gasteiger partial charge is 0.234 e. The molecule has 0 saturated carbocycles. The number of anilines is 1. The van der Waals surface area contributed by atoms with Crippen LogP contribution in [0.1, 0.15) is 11.1 Å². The first kappa shape index (κ1) is 17.7. The van der Waals surface area contributed by atoms with E-state index in [0.717, 1.165) is 21.8 Å². The van der Waals surface area contributed by atoms with Gasteiger partial charge in [0.25, 0.3) is 0 Å². The molecule has 27 heavy (non-hydrogen) atoms. The molecule has 0 atom stereocenters. The molecule has 3 aromatic heterocycles. The third-order valence-corrected chi connectivity index (χ3v) is 5.81. The first-order chi connectivity index (χ1) is 13.1. The largest absolute Gasteiger partial charge is 0.325 e. The lowest BCUT2D eigenvalue weighted by Gasteiger charge is -2.08. The van der Waals surface area contributed by atoms with Gasteiger partial charge in [-0.15, -0.1) is 21.5 Å². The zero-order chi connectivity index (χ0) is 18.8. The predicted octanol–water partition coefficient (Wildman–Crippen LogP) is 4.20. The number of thioether (sulfide) groups is 1. The van der Waals surface area contributed by atoms with Crippen LogP contribution in [0.5, 0.6) is 0 Å². The molecule has 1 amide bonds. The fraction of sp³-hybridized carbons (Fsp3) is 0.158. The minimum absolute atomic E-state index is 0.0851. The highest BCUT2D eigenvalue weighted by atomic mass is 32.2. The van der Waals surface area contributed by atoms with E-state index in [1.165, 1.54) is 17.3 Å². The first-order valence-electron chi connectivity index (χ1n) is 8.36. The van der Waals surface area contributed by atoms with E-state index in [-0.39, 0.29) is 11.7 Å². The van der Waals surface area contributed by atoms with Gasteiger partial charge in [0.15, 0.2) is 5.65 Å². The van der Waals surface area contributed by atoms with Crippen molar-refractivity contribution >= 4 is 40.3 Å². The molecule has 0 bridgehead atoms. The molecule has 0 radical (unpaired) electrons. The van der Waals surface area contributed by atoms with Gasteiger partial charge in [-0.05, 0) is 49.1 Å². The zero-order valence-electron chi connectivity index (χ0n) is 14.8. The van der Waals surface area contributed by atoms with Crippen LogP contribution in [0, 0.1) is 13.8 Å². The highest BCUT2D eigenvalue weighted by Crippen LogP contribution is 2.24. The molecule has 4 aromatic rings. The van der Waals surface area contributed by atoms with Gasteiger partial charge in [0.1, 0.15) is 5.69 Å². The number of thiophene rings is 1. The van der Waals surface area contributed by atoms with Crippen molar-refractivity contribution in [3.8, 4) is 10.6 Å². The average Bonchev–Trinajstić information content (AvgIpc) is 3.31. The maximum absolute atomic E-state index is 12.3. The number of nitrogens with one attached hydrogen (secondary N) is 1. The highest BCUT2D eigenvalue weighted by molar-refractivity contribution is 7.99. The summed E-state index contributed by atoms with van der Waals surface area (Å²) in [7, 11) is 0. The minimum Gasteiger partial charge on any atom is -0.325 e. The molecule has 8 heteroatoms. The normalized spacial score (nSPS) is 11.0. The van der Waals surface area contributed by atoms with E-state index in [9.17, 15) is 4.79 Å². The van der Waals surface area contributed by atoms with Gasteiger partial charge in [0.2, 0.25) is 11.1 Å². The van der Waals surface area contributed by atoms with E-state index >= 15 is 0 Å². The molecule has 0 aliphatic carbocycles. The van der Waals surface area contributed by atoms with Gasteiger partial charge in [0.05, 0.1) is 10.6 Å². The van der Waals surface area contributed by atoms with Gasteiger partial charge < -0.3 is 5.32 Å². The lowest BCUT2D eigenvalue weighted by atomic mass is 10.1. The number of hydrogen-bond acceptors (Lipinski definition) is 6. The standard InChI is InChI=1S/C19H17N5OS2/c1-12-5-6-14(13(2)10-12)20-18(25)11-27-19-22-21-17-8-7-15(23-24(17)19)16-4-3-9-26-16/h3-10H,11H2,1-2H3,(H,20,25). The van der Waals surface area contributed by atoms with Gasteiger partial charge in [-0.3, -0.25) is 4.79 Å². The molecule has 4 rings (SSSR count). The van der Waals surface area contributed by atoms with Crippen LogP contribution in [-0.4, -0.2) is 31.5 Å². The number of fused-ring (bicyclic) bond motifs is 1. The van der Waals surface area contributed by atoms with Crippen LogP contribution in [0.4, 0.5) is 5.69 Å². The Kier molecular flexibility index (Phi) is 4.91. The van der Waals surface area contributed by atoms with Crippen LogP contribution < -0.4 is 5.32 Å². The summed E-state index contributed by atoms with van der Waals surface area (Å²) in [5.74, 6) is 0.150. The number of aromatic nitrogens is 4. The Bertz CT molecular complexity index is 1100. The molecule has 0 fully saturated rings. The van der Waals surface area contributed by atoms with Crippen LogP contribution in [0.2, 0.25) is 0 Å². The molecule has 0 unspecified atom stereocenters. The quantitative estimate of drug-likeness (QED) is 0.513. The monoisotopic (exact) mass is 395 g/mol. The van der Waals surface area contributed by atoms with Crippen molar-refractivity contribution in [1.29, 1.82) is 0 Å². The Morgan fingerprint density at radius 2 is 2.07 bits per heavy atom. The fourth-order valence-electron chi connectivity index (χ4n) is 2.69. The first-order valence-corrected chi connectivity index (χ1v) is 10.2. The molecule has 1 aromatic carbocycles. The Hall–Kier alpha value is -2.71. The van der Waals surface area contributed by atoms with Crippen molar-refractivity contribution < 1.29 is 4.79 Å². The van der Waals surface area contributed by atoms with Gasteiger partial charge >= 0.3 is 0 Å². The molecule has 0 aliphatic rings. The number of rotatable bonds is 5. The maximum atomic E-state index is 12.3. The molecule has 6 nitrogen and oxygen atoms in total. The highest BCUT2D eigenvalue weighted by Gasteiger charge is 2.12. The molecular formula is C19H17N5OS2. The number of hydrogen-bond donors (Lipinski definition) is 1. The van der Waals surface area contributed by atoms with Crippen LogP contribution in [0.3, 0.4) is 0 Å². The van der Waals surface area contributed by atoms with E-state index in [4.69, 9.17) is 0 Å². The molecule has 3 heterocycles. The van der Waals surface area contributed by atoms with Gasteiger partial charge in [-0.1, -0.05) is 35.5 Å². The Labute approximate surface area is 164 Å². The summed E-state index contributed by atoms with van der Waals surface area (Å²) in [5, 5.41) is 18.5. The summed E-state index contributed by atoms with van der Waals surface area (Å²) in [6.45, 7) is 4.01. The molecule has 0 aliphatic heterocycles. The van der Waals surface area contributed by atoms with Crippen LogP contribution in [-0.2, 0) is 4.79 Å². The van der Waals surface area contributed by atoms with E-state index in [2.05, 4.69) is 20.6 Å². The number of nitrogens with zero attached hydrogens (tertiary/aromatic N) is 4. The zero-order valence-corrected chi connectivity index (χ0v) is 16.5. The summed E-state index contributed by atoms with van der Waals surface area (Å²) < 4.78 is 1.68. The Morgan fingerprint density at radius 3 is 2.85 bits per heavy atom. The van der Waals surface area contributed by atoms with Crippen molar-refractivity contribution in [2.75, 3.05) is 11.1 Å². The topological polar surface area (TPSA) is 72.2 Å². The van der Waals surface area contributed by atoms with E-state index in [1.807, 2.05) is 61.7 Å². The third-order valence-electron chi connectivity index (χ3n) is 4.00. The van der Waals surface area contributed by atoms with E-state index in [1.54, 1.807) is 15.9 Å². The second-order valence-electron chi connectivity index (χ2n) is 6.10. The number of aryl methyl sites for hydroxylation is 2. The Morgan fingerprint density at radius 1 is 1.19 bits per heavy atom. The summed E-state index contributed by atoms with van der Waals surface area (Å²) in [6.07, 6.45) is 0. The minimum atomic E-state index is -0.0851. The molecule has 1 N–H and O–H groups in total. The van der Waals surface area contributed by atoms with E-state index < -0.39 is 0 Å². The number of carbonyl (C=O) groups is 1. The average molecular weight is 396 g/mol. The Balaban J connectivity index is 1.48. The molecule has 136 valence electrons. The lowest BCUT2D eigenvalue weighted by Crippen LogP contribution is -2.15. The van der Waals surface area contributed by atoms with Gasteiger partial charge in [0, 0.05) is 5.69 Å². The molecule has 0 spiro atoms. The number of benzene rings is 1. The second kappa shape index (κ2) is 7.50. The fourth-order valence-corrected chi connectivity index (χ4v) is 4.06. The van der Waals surface area contributed by atoms with Crippen LogP contribution in [0.15, 0.2) is 53.0 Å². The van der Waals surface area contributed by atoms with Crippen molar-refractivity contribution in [2.24, 2.45) is 0 Å². The number of carbonyl (C=O) groups excluding carboxylic acids is 1. The van der Waals surface area contributed by atoms with Crippen molar-refractivity contribution in [3.05, 3.63) is 59.0 Å². The molecular weight excluding hydrogens is 378 g/mol.